The van der Waals surface area contributed by atoms with Crippen molar-refractivity contribution in [1.82, 2.24) is 0 Å². The Hall–Kier alpha value is -0.400. The van der Waals surface area contributed by atoms with Gasteiger partial charge in [0.2, 0.25) is 0 Å². The predicted molar refractivity (Wildman–Crippen MR) is 61.5 cm³/mol. The fraction of sp³-hybridized carbons (Fsp3) is 0.455. The third-order valence-corrected chi connectivity index (χ3v) is 2.57. The summed E-state index contributed by atoms with van der Waals surface area (Å²) in [5.74, 6) is 1.22. The van der Waals surface area contributed by atoms with Crippen molar-refractivity contribution in [2.45, 2.75) is 25.9 Å². The summed E-state index contributed by atoms with van der Waals surface area (Å²) in [5, 5.41) is 0.638. The molecule has 0 fully saturated rings. The number of benzene rings is 1. The molecule has 1 unspecified atom stereocenters. The Morgan fingerprint density at radius 1 is 1.36 bits per heavy atom. The first-order chi connectivity index (χ1) is 6.77. The first-order valence-electron chi connectivity index (χ1n) is 4.75. The van der Waals surface area contributed by atoms with Gasteiger partial charge in [0.15, 0.2) is 0 Å². The highest BCUT2D eigenvalue weighted by Crippen LogP contribution is 2.25. The van der Waals surface area contributed by atoms with Gasteiger partial charge in [-0.15, -0.1) is 11.6 Å². The molecule has 0 saturated carbocycles. The van der Waals surface area contributed by atoms with Crippen LogP contribution in [-0.4, -0.2) is 12.0 Å². The molecular weight excluding hydrogens is 219 g/mol. The average molecular weight is 233 g/mol. The first-order valence-corrected chi connectivity index (χ1v) is 5.66. The van der Waals surface area contributed by atoms with Gasteiger partial charge in [-0.05, 0) is 18.6 Å². The molecule has 0 heterocycles. The normalized spacial score (nSPS) is 12.5. The van der Waals surface area contributed by atoms with Gasteiger partial charge in [0, 0.05) is 0 Å². The Labute approximate surface area is 95.0 Å². The Kier molecular flexibility index (Phi) is 5.13. The fourth-order valence-corrected chi connectivity index (χ4v) is 1.61. The Bertz CT molecular complexity index is 276. The number of alkyl halides is 1. The molecule has 0 saturated heterocycles. The minimum atomic E-state index is 0.0570. The Balaban J connectivity index is 2.62. The van der Waals surface area contributed by atoms with E-state index in [4.69, 9.17) is 27.9 Å². The zero-order valence-corrected chi connectivity index (χ0v) is 9.68. The van der Waals surface area contributed by atoms with E-state index in [9.17, 15) is 0 Å². The van der Waals surface area contributed by atoms with Crippen LogP contribution in [0, 0.1) is 0 Å². The summed E-state index contributed by atoms with van der Waals surface area (Å²) >= 11 is 11.7. The number of para-hydroxylation sites is 1. The minimum Gasteiger partial charge on any atom is -0.488 e. The first kappa shape index (κ1) is 11.7. The maximum Gasteiger partial charge on any atom is 0.138 e. The number of halogens is 2. The van der Waals surface area contributed by atoms with Gasteiger partial charge >= 0.3 is 0 Å². The second-order valence-corrected chi connectivity index (χ2v) is 3.83. The summed E-state index contributed by atoms with van der Waals surface area (Å²) in [6.45, 7) is 2.11. The molecule has 3 heteroatoms. The van der Waals surface area contributed by atoms with E-state index in [1.165, 1.54) is 0 Å². The maximum atomic E-state index is 5.96. The lowest BCUT2D eigenvalue weighted by molar-refractivity contribution is 0.213. The number of hydrogen-bond donors (Lipinski definition) is 0. The van der Waals surface area contributed by atoms with Gasteiger partial charge < -0.3 is 4.74 Å². The highest BCUT2D eigenvalue weighted by molar-refractivity contribution is 6.32. The lowest BCUT2D eigenvalue weighted by Gasteiger charge is -2.16. The predicted octanol–water partition coefficient (Wildman–Crippen LogP) is 4.13. The molecule has 1 rings (SSSR count). The van der Waals surface area contributed by atoms with E-state index >= 15 is 0 Å². The van der Waals surface area contributed by atoms with Crippen molar-refractivity contribution in [1.29, 1.82) is 0 Å². The number of rotatable bonds is 5. The fourth-order valence-electron chi connectivity index (χ4n) is 1.21. The van der Waals surface area contributed by atoms with E-state index in [0.717, 1.165) is 12.8 Å². The van der Waals surface area contributed by atoms with Crippen LogP contribution in [0.4, 0.5) is 0 Å². The van der Waals surface area contributed by atoms with Crippen LogP contribution in [-0.2, 0) is 0 Å². The highest BCUT2D eigenvalue weighted by atomic mass is 35.5. The van der Waals surface area contributed by atoms with Gasteiger partial charge in [0.1, 0.15) is 11.9 Å². The van der Waals surface area contributed by atoms with Gasteiger partial charge in [-0.25, -0.2) is 0 Å². The lowest BCUT2D eigenvalue weighted by atomic mass is 10.2. The second kappa shape index (κ2) is 6.15. The molecule has 1 atom stereocenters. The second-order valence-electron chi connectivity index (χ2n) is 3.11. The van der Waals surface area contributed by atoms with Crippen molar-refractivity contribution < 1.29 is 4.74 Å². The van der Waals surface area contributed by atoms with Crippen LogP contribution in [0.15, 0.2) is 24.3 Å². The summed E-state index contributed by atoms with van der Waals surface area (Å²) < 4.78 is 5.67. The standard InChI is InChI=1S/C11H14Cl2O/c1-2-5-9(8-12)14-11-7-4-3-6-10(11)13/h3-4,6-7,9H,2,5,8H2,1H3. The summed E-state index contributed by atoms with van der Waals surface area (Å²) in [6, 6.07) is 7.45. The van der Waals surface area contributed by atoms with Crippen LogP contribution < -0.4 is 4.74 Å². The van der Waals surface area contributed by atoms with Crippen molar-refractivity contribution in [2.24, 2.45) is 0 Å². The quantitative estimate of drug-likeness (QED) is 0.695. The summed E-state index contributed by atoms with van der Waals surface area (Å²) in [6.07, 6.45) is 2.07. The maximum absolute atomic E-state index is 5.96. The van der Waals surface area contributed by atoms with Crippen LogP contribution in [0.5, 0.6) is 5.75 Å². The van der Waals surface area contributed by atoms with E-state index in [2.05, 4.69) is 6.92 Å². The molecule has 0 spiro atoms. The van der Waals surface area contributed by atoms with Crippen molar-refractivity contribution >= 4 is 23.2 Å². The minimum absolute atomic E-state index is 0.0570. The van der Waals surface area contributed by atoms with E-state index < -0.39 is 0 Å². The lowest BCUT2D eigenvalue weighted by Crippen LogP contribution is -2.18. The van der Waals surface area contributed by atoms with Crippen LogP contribution in [0.1, 0.15) is 19.8 Å². The van der Waals surface area contributed by atoms with E-state index in [1.54, 1.807) is 0 Å². The zero-order chi connectivity index (χ0) is 10.4. The summed E-state index contributed by atoms with van der Waals surface area (Å²) in [5.41, 5.74) is 0. The highest BCUT2D eigenvalue weighted by Gasteiger charge is 2.09. The van der Waals surface area contributed by atoms with Crippen molar-refractivity contribution in [3.63, 3.8) is 0 Å². The van der Waals surface area contributed by atoms with E-state index in [1.807, 2.05) is 24.3 Å². The van der Waals surface area contributed by atoms with Crippen molar-refractivity contribution in [3.8, 4) is 5.75 Å². The third-order valence-electron chi connectivity index (χ3n) is 1.91. The molecule has 0 bridgehead atoms. The van der Waals surface area contributed by atoms with Crippen molar-refractivity contribution in [2.75, 3.05) is 5.88 Å². The Morgan fingerprint density at radius 2 is 2.07 bits per heavy atom. The molecule has 0 aliphatic heterocycles. The van der Waals surface area contributed by atoms with Crippen LogP contribution in [0.2, 0.25) is 5.02 Å². The number of ether oxygens (including phenoxy) is 1. The zero-order valence-electron chi connectivity index (χ0n) is 8.17. The average Bonchev–Trinajstić information content (AvgIpc) is 2.20. The molecule has 0 aromatic heterocycles. The smallest absolute Gasteiger partial charge is 0.138 e. The molecule has 1 nitrogen and oxygen atoms in total. The van der Waals surface area contributed by atoms with Gasteiger partial charge in [-0.1, -0.05) is 37.1 Å². The molecule has 0 aliphatic carbocycles. The molecule has 14 heavy (non-hydrogen) atoms. The van der Waals surface area contributed by atoms with Crippen LogP contribution in [0.3, 0.4) is 0 Å². The summed E-state index contributed by atoms with van der Waals surface area (Å²) in [4.78, 5) is 0. The molecule has 0 amide bonds. The van der Waals surface area contributed by atoms with Crippen molar-refractivity contribution in [3.05, 3.63) is 29.3 Å². The SMILES string of the molecule is CCCC(CCl)Oc1ccccc1Cl. The molecule has 0 aliphatic rings. The third kappa shape index (κ3) is 3.39. The summed E-state index contributed by atoms with van der Waals surface area (Å²) in [7, 11) is 0. The van der Waals surface area contributed by atoms with Crippen LogP contribution >= 0.6 is 23.2 Å². The topological polar surface area (TPSA) is 9.23 Å². The molecule has 78 valence electrons. The largest absolute Gasteiger partial charge is 0.488 e. The van der Waals surface area contributed by atoms with Gasteiger partial charge in [-0.3, -0.25) is 0 Å². The number of hydrogen-bond acceptors (Lipinski definition) is 1. The molecule has 0 N–H and O–H groups in total. The van der Waals surface area contributed by atoms with E-state index in [0.29, 0.717) is 16.7 Å². The van der Waals surface area contributed by atoms with Gasteiger partial charge in [-0.2, -0.15) is 0 Å². The van der Waals surface area contributed by atoms with Gasteiger partial charge in [0.25, 0.3) is 0 Å². The monoisotopic (exact) mass is 232 g/mol. The molecule has 1 aromatic rings. The Morgan fingerprint density at radius 3 is 2.64 bits per heavy atom. The molecular formula is C11H14Cl2O. The van der Waals surface area contributed by atoms with Crippen LogP contribution in [0.25, 0.3) is 0 Å². The van der Waals surface area contributed by atoms with Gasteiger partial charge in [0.05, 0.1) is 10.9 Å². The molecule has 1 aromatic carbocycles. The molecule has 0 radical (unpaired) electrons. The van der Waals surface area contributed by atoms with E-state index in [-0.39, 0.29) is 6.10 Å².